The lowest BCUT2D eigenvalue weighted by Gasteiger charge is -2.34. The van der Waals surface area contributed by atoms with Crippen LogP contribution in [-0.2, 0) is 0 Å². The number of nitrogens with zero attached hydrogens (tertiary/aromatic N) is 4. The van der Waals surface area contributed by atoms with Gasteiger partial charge in [0.2, 0.25) is 0 Å². The lowest BCUT2D eigenvalue weighted by atomic mass is 9.79. The van der Waals surface area contributed by atoms with Gasteiger partial charge in [-0.1, -0.05) is 140 Å². The van der Waals surface area contributed by atoms with Crippen LogP contribution in [0.25, 0.3) is 61.1 Å². The lowest BCUT2D eigenvalue weighted by molar-refractivity contribution is 0.527. The molecule has 11 rings (SSSR count). The molecule has 0 amide bonds. The highest BCUT2D eigenvalue weighted by Crippen LogP contribution is 2.51. The van der Waals surface area contributed by atoms with Crippen LogP contribution in [0.3, 0.4) is 0 Å². The summed E-state index contributed by atoms with van der Waals surface area (Å²) in [7, 11) is 0. The van der Waals surface area contributed by atoms with E-state index in [1.54, 1.807) is 0 Å². The van der Waals surface area contributed by atoms with Gasteiger partial charge in [-0.25, -0.2) is 9.97 Å². The van der Waals surface area contributed by atoms with Crippen LogP contribution in [0.5, 0.6) is 0 Å². The third-order valence-electron chi connectivity index (χ3n) is 11.8. The first-order valence-electron chi connectivity index (χ1n) is 19.5. The second-order valence-corrected chi connectivity index (χ2v) is 14.9. The predicted octanol–water partition coefficient (Wildman–Crippen LogP) is 12.9. The Labute approximate surface area is 326 Å². The minimum atomic E-state index is 0.243. The molecular formula is C52H38N4. The fourth-order valence-corrected chi connectivity index (χ4v) is 9.28. The molecule has 0 spiro atoms. The summed E-state index contributed by atoms with van der Waals surface area (Å²) in [5.74, 6) is 1.62. The molecule has 56 heavy (non-hydrogen) atoms. The van der Waals surface area contributed by atoms with E-state index >= 15 is 0 Å². The van der Waals surface area contributed by atoms with Crippen molar-refractivity contribution >= 4 is 33.3 Å². The summed E-state index contributed by atoms with van der Waals surface area (Å²) in [5.41, 5.74) is 13.8. The Morgan fingerprint density at radius 2 is 1.12 bits per heavy atom. The van der Waals surface area contributed by atoms with Crippen molar-refractivity contribution in [3.05, 3.63) is 211 Å². The van der Waals surface area contributed by atoms with Crippen molar-refractivity contribution in [3.8, 4) is 39.3 Å². The lowest BCUT2D eigenvalue weighted by Crippen LogP contribution is -2.33. The molecule has 0 N–H and O–H groups in total. The van der Waals surface area contributed by atoms with Crippen molar-refractivity contribution in [1.29, 1.82) is 0 Å². The number of allylic oxidation sites excluding steroid dienone is 1. The predicted molar refractivity (Wildman–Crippen MR) is 231 cm³/mol. The summed E-state index contributed by atoms with van der Waals surface area (Å²) in [6.07, 6.45) is 7.83. The van der Waals surface area contributed by atoms with E-state index in [-0.39, 0.29) is 12.0 Å². The first kappa shape index (κ1) is 32.4. The third kappa shape index (κ3) is 5.37. The molecule has 6 aromatic carbocycles. The molecule has 0 radical (unpaired) electrons. The van der Waals surface area contributed by atoms with E-state index in [1.807, 2.05) is 6.20 Å². The van der Waals surface area contributed by atoms with E-state index in [4.69, 9.17) is 9.97 Å². The first-order chi connectivity index (χ1) is 27.8. The van der Waals surface area contributed by atoms with Crippen LogP contribution in [0.15, 0.2) is 200 Å². The molecule has 0 saturated carbocycles. The second-order valence-electron chi connectivity index (χ2n) is 14.9. The molecule has 4 heterocycles. The number of benzene rings is 6. The van der Waals surface area contributed by atoms with Gasteiger partial charge >= 0.3 is 0 Å². The Morgan fingerprint density at radius 1 is 0.482 bits per heavy atom. The fraction of sp³-hybridized carbons (Fsp3) is 0.0769. The van der Waals surface area contributed by atoms with Crippen molar-refractivity contribution in [3.63, 3.8) is 0 Å². The van der Waals surface area contributed by atoms with Gasteiger partial charge in [-0.2, -0.15) is 0 Å². The van der Waals surface area contributed by atoms with Crippen LogP contribution in [0, 0.1) is 0 Å². The zero-order valence-corrected chi connectivity index (χ0v) is 30.8. The molecule has 4 nitrogen and oxygen atoms in total. The van der Waals surface area contributed by atoms with Crippen molar-refractivity contribution in [2.45, 2.75) is 24.3 Å². The largest absolute Gasteiger partial charge is 0.322 e. The maximum atomic E-state index is 5.27. The summed E-state index contributed by atoms with van der Waals surface area (Å²) in [6, 6.07) is 65.5. The number of para-hydroxylation sites is 2. The van der Waals surface area contributed by atoms with Gasteiger partial charge in [-0.15, -0.1) is 0 Å². The molecule has 2 aliphatic rings. The molecule has 3 aromatic heterocycles. The molecule has 9 aromatic rings. The third-order valence-corrected chi connectivity index (χ3v) is 11.8. The normalized spacial score (nSPS) is 17.3. The van der Waals surface area contributed by atoms with Gasteiger partial charge in [0.1, 0.15) is 5.82 Å². The van der Waals surface area contributed by atoms with E-state index in [0.29, 0.717) is 5.92 Å². The van der Waals surface area contributed by atoms with Crippen LogP contribution < -0.4 is 4.90 Å². The Balaban J connectivity index is 1.03. The topological polar surface area (TPSA) is 34.0 Å². The zero-order chi connectivity index (χ0) is 37.0. The summed E-state index contributed by atoms with van der Waals surface area (Å²) in [6.45, 7) is 0. The Bertz CT molecular complexity index is 2850. The number of pyridine rings is 2. The number of anilines is 2. The number of fused-ring (bicyclic) bond motifs is 6. The summed E-state index contributed by atoms with van der Waals surface area (Å²) in [5, 5.41) is 2.59. The molecule has 3 unspecified atom stereocenters. The fourth-order valence-electron chi connectivity index (χ4n) is 9.28. The van der Waals surface area contributed by atoms with Crippen molar-refractivity contribution in [1.82, 2.24) is 14.5 Å². The maximum absolute atomic E-state index is 5.27. The van der Waals surface area contributed by atoms with Gasteiger partial charge in [-0.3, -0.25) is 0 Å². The Hall–Kier alpha value is -7.04. The maximum Gasteiger partial charge on any atom is 0.137 e. The standard InChI is InChI=1S/C52H38N4/c1-4-15-35(16-5-1)39-32-46(36-17-6-2-7-18-36)54-47(33-39)38-19-12-22-41(31-38)55-48-26-11-10-23-45(48)51-42(24-13-27-49(51)55)37-28-29-43-44-25-14-30-53-52(44)56(50(43)34-37)40-20-8-3-9-21-40/h1-33,37,43,50H,34H2. The van der Waals surface area contributed by atoms with Gasteiger partial charge in [0, 0.05) is 62.9 Å². The summed E-state index contributed by atoms with van der Waals surface area (Å²) < 4.78 is 2.44. The second kappa shape index (κ2) is 13.4. The minimum absolute atomic E-state index is 0.243. The molecule has 3 atom stereocenters. The Morgan fingerprint density at radius 3 is 1.95 bits per heavy atom. The summed E-state index contributed by atoms with van der Waals surface area (Å²) >= 11 is 0. The molecule has 0 fully saturated rings. The van der Waals surface area contributed by atoms with Crippen molar-refractivity contribution in [2.24, 2.45) is 0 Å². The molecule has 266 valence electrons. The minimum Gasteiger partial charge on any atom is -0.322 e. The smallest absolute Gasteiger partial charge is 0.137 e. The van der Waals surface area contributed by atoms with Crippen LogP contribution in [-0.4, -0.2) is 20.6 Å². The van der Waals surface area contributed by atoms with Crippen LogP contribution in [0.1, 0.15) is 29.4 Å². The molecular weight excluding hydrogens is 681 g/mol. The molecule has 1 aliphatic heterocycles. The highest BCUT2D eigenvalue weighted by atomic mass is 15.2. The number of hydrogen-bond acceptors (Lipinski definition) is 3. The summed E-state index contributed by atoms with van der Waals surface area (Å²) in [4.78, 5) is 12.7. The number of hydrogen-bond donors (Lipinski definition) is 0. The van der Waals surface area contributed by atoms with Gasteiger partial charge in [-0.05, 0) is 77.7 Å². The molecule has 0 saturated heterocycles. The number of rotatable bonds is 6. The molecule has 4 heteroatoms. The average Bonchev–Trinajstić information content (AvgIpc) is 3.80. The van der Waals surface area contributed by atoms with Crippen molar-refractivity contribution in [2.75, 3.05) is 4.90 Å². The average molecular weight is 719 g/mol. The number of aromatic nitrogens is 3. The van der Waals surface area contributed by atoms with E-state index in [9.17, 15) is 0 Å². The molecule has 1 aliphatic carbocycles. The first-order valence-corrected chi connectivity index (χ1v) is 19.5. The van der Waals surface area contributed by atoms with E-state index in [1.165, 1.54) is 44.2 Å². The van der Waals surface area contributed by atoms with Crippen molar-refractivity contribution < 1.29 is 0 Å². The molecule has 0 bridgehead atoms. The van der Waals surface area contributed by atoms with E-state index < -0.39 is 0 Å². The Kier molecular flexibility index (Phi) is 7.73. The van der Waals surface area contributed by atoms with Gasteiger partial charge in [0.15, 0.2) is 0 Å². The van der Waals surface area contributed by atoms with E-state index in [0.717, 1.165) is 46.0 Å². The highest BCUT2D eigenvalue weighted by molar-refractivity contribution is 6.11. The SMILES string of the molecule is C1=CC2c3cccnc3N(c3ccccc3)C2CC1c1cccc2c1c1ccccc1n2-c1cccc(-c2cc(-c3ccccc3)cc(-c3ccccc3)n2)c1. The van der Waals surface area contributed by atoms with E-state index in [2.05, 4.69) is 204 Å². The van der Waals surface area contributed by atoms with Crippen LogP contribution in [0.4, 0.5) is 11.5 Å². The van der Waals surface area contributed by atoms with Crippen LogP contribution in [0.2, 0.25) is 0 Å². The van der Waals surface area contributed by atoms with Gasteiger partial charge in [0.05, 0.1) is 22.4 Å². The quantitative estimate of drug-likeness (QED) is 0.161. The van der Waals surface area contributed by atoms with Gasteiger partial charge < -0.3 is 9.47 Å². The monoisotopic (exact) mass is 718 g/mol. The van der Waals surface area contributed by atoms with Crippen LogP contribution >= 0.6 is 0 Å². The highest BCUT2D eigenvalue weighted by Gasteiger charge is 2.42. The van der Waals surface area contributed by atoms with Gasteiger partial charge in [0.25, 0.3) is 0 Å². The zero-order valence-electron chi connectivity index (χ0n) is 30.8.